The number of hydrogen-bond donors (Lipinski definition) is 2. The number of benzene rings is 1. The summed E-state index contributed by atoms with van der Waals surface area (Å²) in [5.41, 5.74) is 1.97. The molecular formula is C15H19N5O2. The van der Waals surface area contributed by atoms with Gasteiger partial charge in [0.05, 0.1) is 24.9 Å². The van der Waals surface area contributed by atoms with Gasteiger partial charge in [-0.1, -0.05) is 12.1 Å². The lowest BCUT2D eigenvalue weighted by Gasteiger charge is -2.25. The Morgan fingerprint density at radius 2 is 2.27 bits per heavy atom. The molecule has 0 radical (unpaired) electrons. The summed E-state index contributed by atoms with van der Waals surface area (Å²) in [7, 11) is 0. The Bertz CT molecular complexity index is 605. The first kappa shape index (κ1) is 14.7. The van der Waals surface area contributed by atoms with Gasteiger partial charge in [0.25, 0.3) is 0 Å². The van der Waals surface area contributed by atoms with Gasteiger partial charge in [-0.25, -0.2) is 9.67 Å². The van der Waals surface area contributed by atoms with E-state index in [0.29, 0.717) is 19.8 Å². The van der Waals surface area contributed by atoms with Crippen LogP contribution in [-0.4, -0.2) is 46.5 Å². The van der Waals surface area contributed by atoms with E-state index in [-0.39, 0.29) is 18.0 Å². The fourth-order valence-corrected chi connectivity index (χ4v) is 2.39. The molecule has 2 unspecified atom stereocenters. The quantitative estimate of drug-likeness (QED) is 0.856. The number of aromatic nitrogens is 3. The summed E-state index contributed by atoms with van der Waals surface area (Å²) >= 11 is 0. The molecule has 22 heavy (non-hydrogen) atoms. The fourth-order valence-electron chi connectivity index (χ4n) is 2.39. The molecule has 0 bridgehead atoms. The molecule has 0 aliphatic carbocycles. The van der Waals surface area contributed by atoms with Crippen LogP contribution in [0.25, 0.3) is 5.69 Å². The second kappa shape index (κ2) is 6.67. The van der Waals surface area contributed by atoms with Crippen LogP contribution in [0.1, 0.15) is 18.5 Å². The van der Waals surface area contributed by atoms with Crippen LogP contribution in [0.2, 0.25) is 0 Å². The SMILES string of the molecule is CC(NC(=O)C1COCCN1)c1ccc(-n2cncn2)cc1. The zero-order chi connectivity index (χ0) is 15.4. The molecule has 1 aromatic carbocycles. The summed E-state index contributed by atoms with van der Waals surface area (Å²) in [5.74, 6) is -0.0347. The van der Waals surface area contributed by atoms with Crippen molar-refractivity contribution in [1.82, 2.24) is 25.4 Å². The number of carbonyl (C=O) groups is 1. The molecule has 7 heteroatoms. The summed E-state index contributed by atoms with van der Waals surface area (Å²) in [5, 5.41) is 10.2. The summed E-state index contributed by atoms with van der Waals surface area (Å²) in [4.78, 5) is 16.1. The minimum atomic E-state index is -0.273. The monoisotopic (exact) mass is 301 g/mol. The smallest absolute Gasteiger partial charge is 0.240 e. The third-order valence-electron chi connectivity index (χ3n) is 3.67. The van der Waals surface area contributed by atoms with E-state index >= 15 is 0 Å². The Morgan fingerprint density at radius 3 is 2.91 bits per heavy atom. The van der Waals surface area contributed by atoms with Gasteiger partial charge in [-0.05, 0) is 24.6 Å². The van der Waals surface area contributed by atoms with Gasteiger partial charge >= 0.3 is 0 Å². The molecule has 1 aliphatic heterocycles. The van der Waals surface area contributed by atoms with Crippen molar-refractivity contribution >= 4 is 5.91 Å². The molecular weight excluding hydrogens is 282 g/mol. The molecule has 0 spiro atoms. The lowest BCUT2D eigenvalue weighted by molar-refractivity contribution is -0.126. The molecule has 1 fully saturated rings. The molecule has 2 atom stereocenters. The maximum Gasteiger partial charge on any atom is 0.240 e. The standard InChI is InChI=1S/C15H19N5O2/c1-11(19-15(21)14-8-22-7-6-17-14)12-2-4-13(5-3-12)20-10-16-9-18-20/h2-5,9-11,14,17H,6-8H2,1H3,(H,19,21). The van der Waals surface area contributed by atoms with Gasteiger partial charge in [0.1, 0.15) is 18.7 Å². The van der Waals surface area contributed by atoms with Gasteiger partial charge in [-0.15, -0.1) is 0 Å². The first-order valence-electron chi connectivity index (χ1n) is 7.30. The van der Waals surface area contributed by atoms with Crippen molar-refractivity contribution in [3.05, 3.63) is 42.5 Å². The van der Waals surface area contributed by atoms with Crippen LogP contribution < -0.4 is 10.6 Å². The molecule has 116 valence electrons. The zero-order valence-corrected chi connectivity index (χ0v) is 12.4. The lowest BCUT2D eigenvalue weighted by Crippen LogP contribution is -2.51. The number of rotatable bonds is 4. The Morgan fingerprint density at radius 1 is 1.45 bits per heavy atom. The molecule has 1 aliphatic rings. The molecule has 2 N–H and O–H groups in total. The van der Waals surface area contributed by atoms with Crippen molar-refractivity contribution in [2.75, 3.05) is 19.8 Å². The van der Waals surface area contributed by atoms with Gasteiger partial charge in [0, 0.05) is 6.54 Å². The van der Waals surface area contributed by atoms with Crippen LogP contribution >= 0.6 is 0 Å². The Kier molecular flexibility index (Phi) is 4.45. The Labute approximate surface area is 128 Å². The number of amides is 1. The zero-order valence-electron chi connectivity index (χ0n) is 12.4. The van der Waals surface area contributed by atoms with Crippen LogP contribution in [0.5, 0.6) is 0 Å². The van der Waals surface area contributed by atoms with E-state index in [0.717, 1.165) is 11.3 Å². The summed E-state index contributed by atoms with van der Waals surface area (Å²) in [6.07, 6.45) is 3.14. The van der Waals surface area contributed by atoms with E-state index in [2.05, 4.69) is 20.7 Å². The van der Waals surface area contributed by atoms with E-state index in [1.165, 1.54) is 6.33 Å². The van der Waals surface area contributed by atoms with Gasteiger partial charge in [-0.3, -0.25) is 4.79 Å². The number of hydrogen-bond acceptors (Lipinski definition) is 5. The largest absolute Gasteiger partial charge is 0.378 e. The summed E-state index contributed by atoms with van der Waals surface area (Å²) < 4.78 is 7.00. The third kappa shape index (κ3) is 3.32. The first-order valence-corrected chi connectivity index (χ1v) is 7.30. The summed E-state index contributed by atoms with van der Waals surface area (Å²) in [6.45, 7) is 3.75. The molecule has 0 saturated carbocycles. The van der Waals surface area contributed by atoms with Crippen LogP contribution in [0, 0.1) is 0 Å². The number of nitrogens with one attached hydrogen (secondary N) is 2. The molecule has 1 aromatic heterocycles. The minimum absolute atomic E-state index is 0.0347. The molecule has 2 heterocycles. The van der Waals surface area contributed by atoms with E-state index in [4.69, 9.17) is 4.74 Å². The van der Waals surface area contributed by atoms with Crippen LogP contribution in [0.3, 0.4) is 0 Å². The fraction of sp³-hybridized carbons (Fsp3) is 0.400. The number of ether oxygens (including phenoxy) is 1. The van der Waals surface area contributed by atoms with Gasteiger partial charge in [0.2, 0.25) is 5.91 Å². The predicted octanol–water partition coefficient (Wildman–Crippen LogP) is 0.433. The molecule has 2 aromatic rings. The molecule has 3 rings (SSSR count). The third-order valence-corrected chi connectivity index (χ3v) is 3.67. The van der Waals surface area contributed by atoms with Gasteiger partial charge in [-0.2, -0.15) is 5.10 Å². The first-order chi connectivity index (χ1) is 10.7. The van der Waals surface area contributed by atoms with Gasteiger partial charge in [0.15, 0.2) is 0 Å². The van der Waals surface area contributed by atoms with Crippen molar-refractivity contribution in [3.8, 4) is 5.69 Å². The number of carbonyl (C=O) groups excluding carboxylic acids is 1. The van der Waals surface area contributed by atoms with E-state index in [1.54, 1.807) is 11.0 Å². The van der Waals surface area contributed by atoms with Gasteiger partial charge < -0.3 is 15.4 Å². The highest BCUT2D eigenvalue weighted by Crippen LogP contribution is 2.15. The van der Waals surface area contributed by atoms with Crippen molar-refractivity contribution in [1.29, 1.82) is 0 Å². The molecule has 1 saturated heterocycles. The second-order valence-corrected chi connectivity index (χ2v) is 5.24. The minimum Gasteiger partial charge on any atom is -0.378 e. The van der Waals surface area contributed by atoms with E-state index < -0.39 is 0 Å². The van der Waals surface area contributed by atoms with Crippen molar-refractivity contribution < 1.29 is 9.53 Å². The maximum absolute atomic E-state index is 12.2. The van der Waals surface area contributed by atoms with Crippen molar-refractivity contribution in [3.63, 3.8) is 0 Å². The van der Waals surface area contributed by atoms with Crippen LogP contribution in [-0.2, 0) is 9.53 Å². The average molecular weight is 301 g/mol. The average Bonchev–Trinajstić information content (AvgIpc) is 3.10. The van der Waals surface area contributed by atoms with Crippen molar-refractivity contribution in [2.24, 2.45) is 0 Å². The normalized spacial score (nSPS) is 19.6. The number of morpholine rings is 1. The highest BCUT2D eigenvalue weighted by Gasteiger charge is 2.22. The maximum atomic E-state index is 12.2. The number of nitrogens with zero attached hydrogens (tertiary/aromatic N) is 3. The van der Waals surface area contributed by atoms with E-state index in [1.807, 2.05) is 31.2 Å². The van der Waals surface area contributed by atoms with Crippen LogP contribution in [0.15, 0.2) is 36.9 Å². The molecule has 1 amide bonds. The highest BCUT2D eigenvalue weighted by atomic mass is 16.5. The molecule has 7 nitrogen and oxygen atoms in total. The predicted molar refractivity (Wildman–Crippen MR) is 80.5 cm³/mol. The van der Waals surface area contributed by atoms with Crippen molar-refractivity contribution in [2.45, 2.75) is 19.0 Å². The van der Waals surface area contributed by atoms with Crippen LogP contribution in [0.4, 0.5) is 0 Å². The highest BCUT2D eigenvalue weighted by molar-refractivity contribution is 5.82. The van der Waals surface area contributed by atoms with E-state index in [9.17, 15) is 4.79 Å². The Hall–Kier alpha value is -2.25. The summed E-state index contributed by atoms with van der Waals surface area (Å²) in [6, 6.07) is 7.52. The Balaban J connectivity index is 1.62. The lowest BCUT2D eigenvalue weighted by atomic mass is 10.1. The second-order valence-electron chi connectivity index (χ2n) is 5.24. The topological polar surface area (TPSA) is 81.1 Å².